The number of hydrogen-bond acceptors (Lipinski definition) is 2. The normalized spacial score (nSPS) is 10.4. The minimum Gasteiger partial charge on any atom is -0.377 e. The van der Waals surface area contributed by atoms with Gasteiger partial charge in [-0.05, 0) is 24.1 Å². The van der Waals surface area contributed by atoms with Crippen LogP contribution in [0, 0.1) is 0 Å². The Balaban J connectivity index is 2.18. The van der Waals surface area contributed by atoms with Gasteiger partial charge in [-0.25, -0.2) is 4.98 Å². The third-order valence-corrected chi connectivity index (χ3v) is 2.16. The zero-order chi connectivity index (χ0) is 10.2. The molecular weight excluding hydrogens is 198 g/mol. The summed E-state index contributed by atoms with van der Waals surface area (Å²) < 4.78 is 5.49. The summed E-state index contributed by atoms with van der Waals surface area (Å²) >= 11 is 5.74. The van der Waals surface area contributed by atoms with E-state index in [2.05, 4.69) is 11.9 Å². The van der Waals surface area contributed by atoms with E-state index in [1.807, 2.05) is 12.1 Å². The van der Waals surface area contributed by atoms with Crippen LogP contribution in [0.15, 0.2) is 18.3 Å². The van der Waals surface area contributed by atoms with Gasteiger partial charge in [0.25, 0.3) is 0 Å². The molecule has 0 fully saturated rings. The summed E-state index contributed by atoms with van der Waals surface area (Å²) in [4.78, 5) is 3.91. The lowest BCUT2D eigenvalue weighted by Crippen LogP contribution is -1.95. The van der Waals surface area contributed by atoms with Gasteiger partial charge in [-0.3, -0.25) is 0 Å². The molecule has 1 heterocycles. The van der Waals surface area contributed by atoms with Crippen molar-refractivity contribution in [1.29, 1.82) is 0 Å². The first kappa shape index (κ1) is 11.5. The third-order valence-electron chi connectivity index (χ3n) is 1.95. The van der Waals surface area contributed by atoms with Crippen molar-refractivity contribution < 1.29 is 4.74 Å². The zero-order valence-electron chi connectivity index (χ0n) is 8.50. The van der Waals surface area contributed by atoms with Crippen LogP contribution in [-0.2, 0) is 11.3 Å². The minimum atomic E-state index is 0.527. The molecule has 0 aliphatic rings. The fraction of sp³-hybridized carbons (Fsp3) is 0.545. The van der Waals surface area contributed by atoms with Gasteiger partial charge >= 0.3 is 0 Å². The topological polar surface area (TPSA) is 22.1 Å². The summed E-state index contributed by atoms with van der Waals surface area (Å²) in [7, 11) is 0. The van der Waals surface area contributed by atoms with Crippen LogP contribution in [0.4, 0.5) is 0 Å². The van der Waals surface area contributed by atoms with Gasteiger partial charge < -0.3 is 4.74 Å². The van der Waals surface area contributed by atoms with E-state index >= 15 is 0 Å². The molecule has 1 aromatic rings. The highest BCUT2D eigenvalue weighted by atomic mass is 35.5. The molecule has 0 unspecified atom stereocenters. The molecule has 0 saturated heterocycles. The van der Waals surface area contributed by atoms with Gasteiger partial charge in [-0.1, -0.05) is 31.4 Å². The molecule has 0 amide bonds. The van der Waals surface area contributed by atoms with Crippen LogP contribution in [0.3, 0.4) is 0 Å². The lowest BCUT2D eigenvalue weighted by Gasteiger charge is -2.03. The second kappa shape index (κ2) is 6.80. The molecule has 0 aliphatic heterocycles. The molecule has 1 rings (SSSR count). The van der Waals surface area contributed by atoms with Crippen molar-refractivity contribution in [1.82, 2.24) is 4.98 Å². The van der Waals surface area contributed by atoms with Crippen molar-refractivity contribution in [2.24, 2.45) is 0 Å². The second-order valence-electron chi connectivity index (χ2n) is 3.25. The average molecular weight is 214 g/mol. The Labute approximate surface area is 90.3 Å². The van der Waals surface area contributed by atoms with Crippen molar-refractivity contribution in [3.05, 3.63) is 29.0 Å². The Morgan fingerprint density at radius 3 is 3.00 bits per heavy atom. The molecule has 0 aliphatic carbocycles. The highest BCUT2D eigenvalue weighted by Crippen LogP contribution is 2.08. The van der Waals surface area contributed by atoms with Crippen LogP contribution in [0.2, 0.25) is 5.15 Å². The van der Waals surface area contributed by atoms with Crippen molar-refractivity contribution in [3.8, 4) is 0 Å². The summed E-state index contributed by atoms with van der Waals surface area (Å²) in [5.41, 5.74) is 1.08. The van der Waals surface area contributed by atoms with Crippen molar-refractivity contribution in [2.45, 2.75) is 32.8 Å². The molecule has 0 spiro atoms. The zero-order valence-corrected chi connectivity index (χ0v) is 9.26. The van der Waals surface area contributed by atoms with E-state index < -0.39 is 0 Å². The maximum Gasteiger partial charge on any atom is 0.129 e. The molecule has 0 saturated carbocycles. The molecular formula is C11H16ClNO. The van der Waals surface area contributed by atoms with Crippen LogP contribution in [0.5, 0.6) is 0 Å². The first-order valence-corrected chi connectivity index (χ1v) is 5.39. The Morgan fingerprint density at radius 2 is 2.29 bits per heavy atom. The fourth-order valence-electron chi connectivity index (χ4n) is 1.18. The van der Waals surface area contributed by atoms with E-state index in [4.69, 9.17) is 16.3 Å². The summed E-state index contributed by atoms with van der Waals surface area (Å²) in [6, 6.07) is 3.76. The van der Waals surface area contributed by atoms with Gasteiger partial charge in [-0.15, -0.1) is 0 Å². The van der Waals surface area contributed by atoms with Crippen LogP contribution >= 0.6 is 11.6 Å². The van der Waals surface area contributed by atoms with E-state index in [0.717, 1.165) is 18.6 Å². The van der Waals surface area contributed by atoms with Crippen LogP contribution in [0.1, 0.15) is 31.7 Å². The molecule has 14 heavy (non-hydrogen) atoms. The number of unbranched alkanes of at least 4 members (excludes halogenated alkanes) is 2. The molecule has 78 valence electrons. The number of nitrogens with zero attached hydrogens (tertiary/aromatic N) is 1. The molecule has 0 radical (unpaired) electrons. The second-order valence-corrected chi connectivity index (χ2v) is 3.63. The van der Waals surface area contributed by atoms with Crippen LogP contribution in [0.25, 0.3) is 0 Å². The summed E-state index contributed by atoms with van der Waals surface area (Å²) in [6.45, 7) is 3.64. The monoisotopic (exact) mass is 213 g/mol. The van der Waals surface area contributed by atoms with E-state index in [1.165, 1.54) is 12.8 Å². The van der Waals surface area contributed by atoms with Crippen molar-refractivity contribution >= 4 is 11.6 Å². The predicted molar refractivity (Wildman–Crippen MR) is 58.4 cm³/mol. The molecule has 3 heteroatoms. The van der Waals surface area contributed by atoms with Gasteiger partial charge in [0.15, 0.2) is 0 Å². The first-order valence-electron chi connectivity index (χ1n) is 5.01. The Morgan fingerprint density at radius 1 is 1.43 bits per heavy atom. The predicted octanol–water partition coefficient (Wildman–Crippen LogP) is 3.44. The van der Waals surface area contributed by atoms with Gasteiger partial charge in [-0.2, -0.15) is 0 Å². The average Bonchev–Trinajstić information content (AvgIpc) is 2.18. The third kappa shape index (κ3) is 4.58. The minimum absolute atomic E-state index is 0.527. The number of hydrogen-bond donors (Lipinski definition) is 0. The molecule has 0 bridgehead atoms. The first-order chi connectivity index (χ1) is 6.83. The Bertz CT molecular complexity index is 265. The summed E-state index contributed by atoms with van der Waals surface area (Å²) in [5, 5.41) is 0.527. The SMILES string of the molecule is CCCCCOCc1ccnc(Cl)c1. The number of halogens is 1. The van der Waals surface area contributed by atoms with Gasteiger partial charge in [0, 0.05) is 12.8 Å². The van der Waals surface area contributed by atoms with Crippen molar-refractivity contribution in [3.63, 3.8) is 0 Å². The van der Waals surface area contributed by atoms with Gasteiger partial charge in [0.05, 0.1) is 6.61 Å². The van der Waals surface area contributed by atoms with Crippen LogP contribution < -0.4 is 0 Å². The lowest BCUT2D eigenvalue weighted by molar-refractivity contribution is 0.117. The number of aromatic nitrogens is 1. The van der Waals surface area contributed by atoms with Gasteiger partial charge in [0.1, 0.15) is 5.15 Å². The van der Waals surface area contributed by atoms with E-state index in [0.29, 0.717) is 11.8 Å². The Kier molecular flexibility index (Phi) is 5.57. The largest absolute Gasteiger partial charge is 0.377 e. The van der Waals surface area contributed by atoms with Gasteiger partial charge in [0.2, 0.25) is 0 Å². The molecule has 1 aromatic heterocycles. The Hall–Kier alpha value is -0.600. The molecule has 0 atom stereocenters. The van der Waals surface area contributed by atoms with E-state index in [-0.39, 0.29) is 0 Å². The quantitative estimate of drug-likeness (QED) is 0.534. The molecule has 0 N–H and O–H groups in total. The van der Waals surface area contributed by atoms with E-state index in [1.54, 1.807) is 6.20 Å². The smallest absolute Gasteiger partial charge is 0.129 e. The standard InChI is InChI=1S/C11H16ClNO/c1-2-3-4-7-14-9-10-5-6-13-11(12)8-10/h5-6,8H,2-4,7,9H2,1H3. The summed E-state index contributed by atoms with van der Waals surface area (Å²) in [6.07, 6.45) is 5.30. The maximum atomic E-state index is 5.74. The molecule has 0 aromatic carbocycles. The highest BCUT2D eigenvalue weighted by Gasteiger charge is 1.95. The molecule has 2 nitrogen and oxygen atoms in total. The number of pyridine rings is 1. The van der Waals surface area contributed by atoms with E-state index in [9.17, 15) is 0 Å². The highest BCUT2D eigenvalue weighted by molar-refractivity contribution is 6.29. The fourth-order valence-corrected chi connectivity index (χ4v) is 1.37. The van der Waals surface area contributed by atoms with Crippen LogP contribution in [-0.4, -0.2) is 11.6 Å². The van der Waals surface area contributed by atoms with Crippen molar-refractivity contribution in [2.75, 3.05) is 6.61 Å². The number of rotatable bonds is 6. The number of ether oxygens (including phenoxy) is 1. The maximum absolute atomic E-state index is 5.74. The lowest BCUT2D eigenvalue weighted by atomic mass is 10.2. The summed E-state index contributed by atoms with van der Waals surface area (Å²) in [5.74, 6) is 0.